The molecule has 110 valence electrons. The highest BCUT2D eigenvalue weighted by Crippen LogP contribution is 2.16. The third-order valence-electron chi connectivity index (χ3n) is 3.91. The van der Waals surface area contributed by atoms with E-state index in [4.69, 9.17) is 0 Å². The van der Waals surface area contributed by atoms with Gasteiger partial charge >= 0.3 is 0 Å². The van der Waals surface area contributed by atoms with Gasteiger partial charge in [-0.25, -0.2) is 8.78 Å². The molecule has 1 aliphatic rings. The van der Waals surface area contributed by atoms with Gasteiger partial charge in [-0.15, -0.1) is 0 Å². The van der Waals surface area contributed by atoms with Crippen LogP contribution >= 0.6 is 0 Å². The second-order valence-corrected chi connectivity index (χ2v) is 5.47. The molecule has 0 aromatic heterocycles. The molecular weight excluding hydrogens is 262 g/mol. The second kappa shape index (κ2) is 6.31. The summed E-state index contributed by atoms with van der Waals surface area (Å²) in [5.41, 5.74) is 0.160. The Bertz CT molecular complexity index is 505. The molecule has 1 fully saturated rings. The molecule has 3 nitrogen and oxygen atoms in total. The fourth-order valence-electron chi connectivity index (χ4n) is 2.52. The summed E-state index contributed by atoms with van der Waals surface area (Å²) in [6, 6.07) is 2.21. The van der Waals surface area contributed by atoms with Crippen LogP contribution in [0.25, 0.3) is 0 Å². The summed E-state index contributed by atoms with van der Waals surface area (Å²) in [6.45, 7) is 5.03. The fourth-order valence-corrected chi connectivity index (χ4v) is 2.52. The zero-order chi connectivity index (χ0) is 14.7. The van der Waals surface area contributed by atoms with Crippen molar-refractivity contribution in [1.82, 2.24) is 10.6 Å². The van der Waals surface area contributed by atoms with E-state index in [2.05, 4.69) is 17.6 Å². The van der Waals surface area contributed by atoms with Crippen molar-refractivity contribution >= 4 is 5.91 Å². The van der Waals surface area contributed by atoms with Crippen LogP contribution in [0.1, 0.15) is 35.7 Å². The lowest BCUT2D eigenvalue weighted by Crippen LogP contribution is -2.47. The van der Waals surface area contributed by atoms with E-state index in [9.17, 15) is 13.6 Å². The largest absolute Gasteiger partial charge is 0.350 e. The Hall–Kier alpha value is -1.49. The molecule has 1 heterocycles. The average Bonchev–Trinajstić information content (AvgIpc) is 2.41. The summed E-state index contributed by atoms with van der Waals surface area (Å²) >= 11 is 0. The molecular formula is C15H20F2N2O. The molecule has 0 radical (unpaired) electrons. The fraction of sp³-hybridized carbons (Fsp3) is 0.533. The van der Waals surface area contributed by atoms with Gasteiger partial charge in [-0.3, -0.25) is 4.79 Å². The molecule has 0 bridgehead atoms. The van der Waals surface area contributed by atoms with E-state index in [1.165, 1.54) is 13.0 Å². The van der Waals surface area contributed by atoms with Crippen LogP contribution in [0.15, 0.2) is 12.1 Å². The highest BCUT2D eigenvalue weighted by molar-refractivity contribution is 5.94. The van der Waals surface area contributed by atoms with E-state index in [0.29, 0.717) is 12.5 Å². The number of piperidine rings is 1. The smallest absolute Gasteiger partial charge is 0.254 e. The molecule has 1 amide bonds. The molecule has 2 N–H and O–H groups in total. The molecule has 0 aliphatic carbocycles. The van der Waals surface area contributed by atoms with Gasteiger partial charge < -0.3 is 10.6 Å². The Labute approximate surface area is 117 Å². The number of halogens is 2. The minimum atomic E-state index is -0.824. The SMILES string of the molecule is Cc1cc(C(=O)NCC2NCCCC2C)c(F)cc1F. The third kappa shape index (κ3) is 3.33. The number of carbonyl (C=O) groups excluding carboxylic acids is 1. The topological polar surface area (TPSA) is 41.1 Å². The van der Waals surface area contributed by atoms with Crippen molar-refractivity contribution < 1.29 is 13.6 Å². The van der Waals surface area contributed by atoms with Gasteiger partial charge in [0, 0.05) is 18.7 Å². The summed E-state index contributed by atoms with van der Waals surface area (Å²) in [5.74, 6) is -1.48. The molecule has 0 saturated carbocycles. The van der Waals surface area contributed by atoms with Crippen LogP contribution in [-0.2, 0) is 0 Å². The molecule has 2 rings (SSSR count). The van der Waals surface area contributed by atoms with E-state index in [1.54, 1.807) is 0 Å². The number of hydrogen-bond acceptors (Lipinski definition) is 2. The first-order valence-corrected chi connectivity index (χ1v) is 6.96. The quantitative estimate of drug-likeness (QED) is 0.894. The number of hydrogen-bond donors (Lipinski definition) is 2. The zero-order valence-corrected chi connectivity index (χ0v) is 11.8. The molecule has 1 saturated heterocycles. The predicted octanol–water partition coefficient (Wildman–Crippen LogP) is 2.39. The third-order valence-corrected chi connectivity index (χ3v) is 3.91. The molecule has 2 unspecified atom stereocenters. The van der Waals surface area contributed by atoms with Crippen LogP contribution in [0.4, 0.5) is 8.78 Å². The molecule has 5 heteroatoms. The lowest BCUT2D eigenvalue weighted by Gasteiger charge is -2.30. The van der Waals surface area contributed by atoms with Gasteiger partial charge in [-0.2, -0.15) is 0 Å². The van der Waals surface area contributed by atoms with Gasteiger partial charge in [0.05, 0.1) is 5.56 Å². The molecule has 1 aromatic rings. The molecule has 2 atom stereocenters. The lowest BCUT2D eigenvalue weighted by atomic mass is 9.93. The number of rotatable bonds is 3. The first kappa shape index (κ1) is 14.9. The maximum absolute atomic E-state index is 13.6. The second-order valence-electron chi connectivity index (χ2n) is 5.47. The predicted molar refractivity (Wildman–Crippen MR) is 73.6 cm³/mol. The molecule has 1 aromatic carbocycles. The van der Waals surface area contributed by atoms with E-state index in [1.807, 2.05) is 0 Å². The summed E-state index contributed by atoms with van der Waals surface area (Å²) < 4.78 is 26.8. The highest BCUT2D eigenvalue weighted by atomic mass is 19.1. The average molecular weight is 282 g/mol. The Morgan fingerprint density at radius 3 is 2.85 bits per heavy atom. The number of nitrogens with one attached hydrogen (secondary N) is 2. The Morgan fingerprint density at radius 2 is 2.15 bits per heavy atom. The number of amides is 1. The maximum Gasteiger partial charge on any atom is 0.254 e. The maximum atomic E-state index is 13.6. The van der Waals surface area contributed by atoms with Crippen molar-refractivity contribution in [2.45, 2.75) is 32.7 Å². The van der Waals surface area contributed by atoms with Crippen molar-refractivity contribution in [2.24, 2.45) is 5.92 Å². The van der Waals surface area contributed by atoms with Crippen LogP contribution in [0.3, 0.4) is 0 Å². The van der Waals surface area contributed by atoms with E-state index < -0.39 is 17.5 Å². The molecule has 20 heavy (non-hydrogen) atoms. The number of aryl methyl sites for hydroxylation is 1. The van der Waals surface area contributed by atoms with Crippen LogP contribution in [0.2, 0.25) is 0 Å². The molecule has 0 spiro atoms. The molecule has 1 aliphatic heterocycles. The Balaban J connectivity index is 2.00. The minimum Gasteiger partial charge on any atom is -0.350 e. The van der Waals surface area contributed by atoms with Crippen molar-refractivity contribution in [3.05, 3.63) is 34.9 Å². The Morgan fingerprint density at radius 1 is 1.40 bits per heavy atom. The first-order chi connectivity index (χ1) is 9.49. The van der Waals surface area contributed by atoms with Crippen LogP contribution in [0.5, 0.6) is 0 Å². The normalized spacial score (nSPS) is 22.6. The standard InChI is InChI=1S/C15H20F2N2O/c1-9-4-3-5-18-14(9)8-19-15(20)11-6-10(2)12(16)7-13(11)17/h6-7,9,14,18H,3-5,8H2,1-2H3,(H,19,20). The van der Waals surface area contributed by atoms with Gasteiger partial charge in [0.15, 0.2) is 0 Å². The van der Waals surface area contributed by atoms with Crippen molar-refractivity contribution in [2.75, 3.05) is 13.1 Å². The summed E-state index contributed by atoms with van der Waals surface area (Å²) in [4.78, 5) is 12.0. The Kier molecular flexibility index (Phi) is 4.70. The van der Waals surface area contributed by atoms with Crippen LogP contribution in [-0.4, -0.2) is 25.0 Å². The van der Waals surface area contributed by atoms with Gasteiger partial charge in [0.25, 0.3) is 5.91 Å². The lowest BCUT2D eigenvalue weighted by molar-refractivity contribution is 0.0939. The summed E-state index contributed by atoms with van der Waals surface area (Å²) in [6.07, 6.45) is 2.26. The monoisotopic (exact) mass is 282 g/mol. The highest BCUT2D eigenvalue weighted by Gasteiger charge is 2.22. The van der Waals surface area contributed by atoms with E-state index >= 15 is 0 Å². The van der Waals surface area contributed by atoms with Crippen molar-refractivity contribution in [3.8, 4) is 0 Å². The van der Waals surface area contributed by atoms with Crippen LogP contribution in [0, 0.1) is 24.5 Å². The van der Waals surface area contributed by atoms with E-state index in [-0.39, 0.29) is 17.2 Å². The van der Waals surface area contributed by atoms with Gasteiger partial charge in [-0.05, 0) is 43.9 Å². The van der Waals surface area contributed by atoms with Gasteiger partial charge in [-0.1, -0.05) is 6.92 Å². The zero-order valence-electron chi connectivity index (χ0n) is 11.8. The van der Waals surface area contributed by atoms with E-state index in [0.717, 1.165) is 25.5 Å². The minimum absolute atomic E-state index is 0.104. The van der Waals surface area contributed by atoms with Crippen LogP contribution < -0.4 is 10.6 Å². The number of carbonyl (C=O) groups is 1. The van der Waals surface area contributed by atoms with Gasteiger partial charge in [0.2, 0.25) is 0 Å². The number of benzene rings is 1. The van der Waals surface area contributed by atoms with Gasteiger partial charge in [0.1, 0.15) is 11.6 Å². The summed E-state index contributed by atoms with van der Waals surface area (Å²) in [5, 5.41) is 6.07. The first-order valence-electron chi connectivity index (χ1n) is 6.96. The van der Waals surface area contributed by atoms with Crippen molar-refractivity contribution in [1.29, 1.82) is 0 Å². The summed E-state index contributed by atoms with van der Waals surface area (Å²) in [7, 11) is 0. The van der Waals surface area contributed by atoms with Crippen molar-refractivity contribution in [3.63, 3.8) is 0 Å².